The highest BCUT2D eigenvalue weighted by atomic mass is 16.2. The normalized spacial score (nSPS) is 14.0. The summed E-state index contributed by atoms with van der Waals surface area (Å²) in [6, 6.07) is 7.79. The zero-order valence-electron chi connectivity index (χ0n) is 16.7. The number of fused-ring (bicyclic) bond motifs is 1. The molecule has 29 heavy (non-hydrogen) atoms. The van der Waals surface area contributed by atoms with E-state index in [4.69, 9.17) is 0 Å². The summed E-state index contributed by atoms with van der Waals surface area (Å²) in [5, 5.41) is 7.14. The maximum Gasteiger partial charge on any atom is 0.252 e. The number of amides is 2. The second-order valence-electron chi connectivity index (χ2n) is 7.33. The van der Waals surface area contributed by atoms with Crippen molar-refractivity contribution in [3.8, 4) is 0 Å². The molecule has 8 heteroatoms. The Morgan fingerprint density at radius 2 is 2.00 bits per heavy atom. The smallest absolute Gasteiger partial charge is 0.252 e. The Bertz CT molecular complexity index is 1060. The monoisotopic (exact) mass is 392 g/mol. The van der Waals surface area contributed by atoms with Crippen molar-refractivity contribution in [3.63, 3.8) is 0 Å². The summed E-state index contributed by atoms with van der Waals surface area (Å²) in [6.07, 6.45) is 3.99. The van der Waals surface area contributed by atoms with E-state index in [1.165, 1.54) is 6.33 Å². The summed E-state index contributed by atoms with van der Waals surface area (Å²) in [6.45, 7) is 5.15. The van der Waals surface area contributed by atoms with Crippen LogP contribution in [0.5, 0.6) is 0 Å². The zero-order chi connectivity index (χ0) is 20.4. The van der Waals surface area contributed by atoms with E-state index in [2.05, 4.69) is 20.4 Å². The number of hydrogen-bond donors (Lipinski definition) is 1. The summed E-state index contributed by atoms with van der Waals surface area (Å²) in [4.78, 5) is 34.5. The number of hydrogen-bond acceptors (Lipinski definition) is 5. The molecule has 0 unspecified atom stereocenters. The lowest BCUT2D eigenvalue weighted by molar-refractivity contribution is -0.121. The lowest BCUT2D eigenvalue weighted by Gasteiger charge is -2.16. The Labute approximate surface area is 169 Å². The highest BCUT2D eigenvalue weighted by molar-refractivity contribution is 5.95. The van der Waals surface area contributed by atoms with Crippen molar-refractivity contribution in [2.45, 2.75) is 46.1 Å². The van der Waals surface area contributed by atoms with Gasteiger partial charge in [0.05, 0.1) is 0 Å². The van der Waals surface area contributed by atoms with Gasteiger partial charge in [-0.05, 0) is 49.9 Å². The van der Waals surface area contributed by atoms with Gasteiger partial charge >= 0.3 is 0 Å². The van der Waals surface area contributed by atoms with E-state index < -0.39 is 0 Å². The molecule has 1 N–H and O–H groups in total. The van der Waals surface area contributed by atoms with Crippen molar-refractivity contribution < 1.29 is 9.59 Å². The van der Waals surface area contributed by atoms with E-state index in [-0.39, 0.29) is 11.8 Å². The Morgan fingerprint density at radius 3 is 2.72 bits per heavy atom. The minimum absolute atomic E-state index is 0.0127. The fourth-order valence-electron chi connectivity index (χ4n) is 3.76. The average molecular weight is 392 g/mol. The van der Waals surface area contributed by atoms with Gasteiger partial charge in [-0.3, -0.25) is 9.59 Å². The van der Waals surface area contributed by atoms with Gasteiger partial charge in [0, 0.05) is 43.0 Å². The largest absolute Gasteiger partial charge is 0.352 e. The standard InChI is InChI=1S/C21H24N6O2/c1-14-18(15(2)27-21(25-14)23-13-24-27)9-10-19(28)22-12-16-5-7-17(8-6-16)26-11-3-4-20(26)29/h5-8,13H,3-4,9-12H2,1-2H3,(H,22,28). The predicted octanol–water partition coefficient (Wildman–Crippen LogP) is 2.12. The van der Waals surface area contributed by atoms with E-state index in [0.717, 1.165) is 41.2 Å². The lowest BCUT2D eigenvalue weighted by Crippen LogP contribution is -2.24. The van der Waals surface area contributed by atoms with Crippen molar-refractivity contribution in [2.75, 3.05) is 11.4 Å². The van der Waals surface area contributed by atoms with Crippen molar-refractivity contribution in [1.29, 1.82) is 0 Å². The first-order chi connectivity index (χ1) is 14.0. The SMILES string of the molecule is Cc1nc2ncnn2c(C)c1CCC(=O)NCc1ccc(N2CCCC2=O)cc1. The third-order valence-electron chi connectivity index (χ3n) is 5.40. The third kappa shape index (κ3) is 3.96. The summed E-state index contributed by atoms with van der Waals surface area (Å²) < 4.78 is 1.70. The molecule has 0 spiro atoms. The summed E-state index contributed by atoms with van der Waals surface area (Å²) in [5.41, 5.74) is 4.79. The number of aryl methyl sites for hydroxylation is 2. The van der Waals surface area contributed by atoms with Crippen LogP contribution in [0.15, 0.2) is 30.6 Å². The highest BCUT2D eigenvalue weighted by Gasteiger charge is 2.21. The van der Waals surface area contributed by atoms with Crippen LogP contribution in [0.1, 0.15) is 41.8 Å². The molecule has 1 fully saturated rings. The predicted molar refractivity (Wildman–Crippen MR) is 108 cm³/mol. The number of anilines is 1. The van der Waals surface area contributed by atoms with Crippen LogP contribution in [0.4, 0.5) is 5.69 Å². The molecule has 3 heterocycles. The summed E-state index contributed by atoms with van der Waals surface area (Å²) in [5.74, 6) is 0.740. The Hall–Kier alpha value is -3.29. The van der Waals surface area contributed by atoms with Crippen molar-refractivity contribution in [3.05, 3.63) is 53.1 Å². The van der Waals surface area contributed by atoms with E-state index >= 15 is 0 Å². The molecular weight excluding hydrogens is 368 g/mol. The van der Waals surface area contributed by atoms with Gasteiger partial charge in [-0.1, -0.05) is 12.1 Å². The molecule has 0 bridgehead atoms. The van der Waals surface area contributed by atoms with Gasteiger partial charge in [0.2, 0.25) is 11.8 Å². The van der Waals surface area contributed by atoms with Crippen LogP contribution in [0.25, 0.3) is 5.78 Å². The molecule has 2 amide bonds. The molecule has 0 atom stereocenters. The van der Waals surface area contributed by atoms with Gasteiger partial charge < -0.3 is 10.2 Å². The summed E-state index contributed by atoms with van der Waals surface area (Å²) in [7, 11) is 0. The third-order valence-corrected chi connectivity index (χ3v) is 5.40. The molecule has 3 aromatic rings. The maximum atomic E-state index is 12.3. The van der Waals surface area contributed by atoms with Crippen LogP contribution in [-0.4, -0.2) is 37.9 Å². The molecule has 0 radical (unpaired) electrons. The minimum Gasteiger partial charge on any atom is -0.352 e. The molecule has 0 aliphatic carbocycles. The second-order valence-corrected chi connectivity index (χ2v) is 7.33. The Morgan fingerprint density at radius 1 is 1.21 bits per heavy atom. The number of aromatic nitrogens is 4. The van der Waals surface area contributed by atoms with Crippen LogP contribution in [0, 0.1) is 13.8 Å². The first-order valence-electron chi connectivity index (χ1n) is 9.85. The number of carbonyl (C=O) groups excluding carboxylic acids is 2. The van der Waals surface area contributed by atoms with E-state index in [1.54, 1.807) is 4.52 Å². The first-order valence-corrected chi connectivity index (χ1v) is 9.85. The summed E-state index contributed by atoms with van der Waals surface area (Å²) >= 11 is 0. The topological polar surface area (TPSA) is 92.5 Å². The number of carbonyl (C=O) groups is 2. The van der Waals surface area contributed by atoms with Crippen LogP contribution >= 0.6 is 0 Å². The fraction of sp³-hybridized carbons (Fsp3) is 0.381. The highest BCUT2D eigenvalue weighted by Crippen LogP contribution is 2.21. The number of nitrogens with zero attached hydrogens (tertiary/aromatic N) is 5. The van der Waals surface area contributed by atoms with E-state index in [0.29, 0.717) is 31.6 Å². The molecule has 2 aromatic heterocycles. The number of rotatable bonds is 6. The Balaban J connectivity index is 1.32. The molecule has 4 rings (SSSR count). The Kier molecular flexibility index (Phi) is 5.24. The molecule has 0 saturated carbocycles. The van der Waals surface area contributed by atoms with Gasteiger partial charge in [0.15, 0.2) is 0 Å². The molecule has 1 saturated heterocycles. The van der Waals surface area contributed by atoms with Crippen LogP contribution in [0.3, 0.4) is 0 Å². The lowest BCUT2D eigenvalue weighted by atomic mass is 10.1. The number of nitrogens with one attached hydrogen (secondary N) is 1. The second kappa shape index (κ2) is 7.98. The molecule has 150 valence electrons. The molecule has 1 aromatic carbocycles. The van der Waals surface area contributed by atoms with Gasteiger partial charge in [-0.25, -0.2) is 9.50 Å². The maximum absolute atomic E-state index is 12.3. The van der Waals surface area contributed by atoms with E-state index in [1.807, 2.05) is 43.0 Å². The van der Waals surface area contributed by atoms with Crippen molar-refractivity contribution in [1.82, 2.24) is 24.9 Å². The van der Waals surface area contributed by atoms with Gasteiger partial charge in [0.1, 0.15) is 6.33 Å². The zero-order valence-corrected chi connectivity index (χ0v) is 16.7. The fourth-order valence-corrected chi connectivity index (χ4v) is 3.76. The quantitative estimate of drug-likeness (QED) is 0.694. The molecular formula is C21H24N6O2. The van der Waals surface area contributed by atoms with E-state index in [9.17, 15) is 9.59 Å². The van der Waals surface area contributed by atoms with Crippen LogP contribution in [-0.2, 0) is 22.6 Å². The first kappa shape index (κ1) is 19.0. The van der Waals surface area contributed by atoms with Gasteiger partial charge in [-0.2, -0.15) is 10.1 Å². The van der Waals surface area contributed by atoms with Crippen LogP contribution < -0.4 is 10.2 Å². The molecule has 8 nitrogen and oxygen atoms in total. The van der Waals surface area contributed by atoms with Gasteiger partial charge in [-0.15, -0.1) is 0 Å². The minimum atomic E-state index is -0.0127. The number of benzene rings is 1. The van der Waals surface area contributed by atoms with Crippen molar-refractivity contribution in [2.24, 2.45) is 0 Å². The molecule has 1 aliphatic heterocycles. The van der Waals surface area contributed by atoms with Crippen LogP contribution in [0.2, 0.25) is 0 Å². The average Bonchev–Trinajstić information content (AvgIpc) is 3.35. The van der Waals surface area contributed by atoms with Gasteiger partial charge in [0.25, 0.3) is 5.78 Å². The van der Waals surface area contributed by atoms with Crippen molar-refractivity contribution >= 4 is 23.3 Å². The molecule has 1 aliphatic rings.